The fourth-order valence-electron chi connectivity index (χ4n) is 3.39. The van der Waals surface area contributed by atoms with E-state index in [2.05, 4.69) is 74.7 Å². The molecule has 0 radical (unpaired) electrons. The minimum Gasteiger partial charge on any atom is -0.413 e. The Morgan fingerprint density at radius 3 is 1.74 bits per heavy atom. The lowest BCUT2D eigenvalue weighted by Gasteiger charge is -2.47. The number of hydrogen-bond acceptors (Lipinski definition) is 5. The van der Waals surface area contributed by atoms with Gasteiger partial charge in [0.1, 0.15) is 12.4 Å². The number of rotatable bonds is 9. The number of carbonyl (C=O) groups is 1. The van der Waals surface area contributed by atoms with Gasteiger partial charge in [0.05, 0.1) is 18.8 Å². The van der Waals surface area contributed by atoms with Crippen LogP contribution < -0.4 is 0 Å². The van der Waals surface area contributed by atoms with Crippen LogP contribution in [0.4, 0.5) is 0 Å². The molecule has 1 aliphatic heterocycles. The van der Waals surface area contributed by atoms with E-state index in [1.165, 1.54) is 0 Å². The van der Waals surface area contributed by atoms with Gasteiger partial charge < -0.3 is 23.1 Å². The summed E-state index contributed by atoms with van der Waals surface area (Å²) in [4.78, 5) is 11.9. The van der Waals surface area contributed by atoms with Crippen molar-refractivity contribution in [3.8, 4) is 0 Å². The maximum absolute atomic E-state index is 11.9. The molecule has 0 aliphatic carbocycles. The summed E-state index contributed by atoms with van der Waals surface area (Å²) in [6, 6.07) is 0. The lowest BCUT2D eigenvalue weighted by molar-refractivity contribution is -0.157. The molecule has 0 spiro atoms. The number of ether oxygens (including phenoxy) is 2. The number of carbonyl (C=O) groups excluding carboxylic acids is 1. The second-order valence-electron chi connectivity index (χ2n) is 12.9. The van der Waals surface area contributed by atoms with Crippen molar-refractivity contribution < 1.29 is 23.1 Å². The summed E-state index contributed by atoms with van der Waals surface area (Å²) in [5, 5.41) is 0.115. The topological polar surface area (TPSA) is 54.0 Å². The van der Waals surface area contributed by atoms with Gasteiger partial charge in [-0.05, 0) is 50.1 Å². The maximum atomic E-state index is 11.9. The zero-order valence-corrected chi connectivity index (χ0v) is 24.7. The Balaban J connectivity index is 3.36. The fraction of sp³-hybridized carbons (Fsp3) is 0.958. The van der Waals surface area contributed by atoms with E-state index >= 15 is 0 Å². The molecule has 0 aromatic heterocycles. The second kappa shape index (κ2) is 9.67. The summed E-state index contributed by atoms with van der Waals surface area (Å²) in [6.45, 7) is 30.9. The highest BCUT2D eigenvalue weighted by Crippen LogP contribution is 2.43. The molecule has 1 rings (SSSR count). The predicted octanol–water partition coefficient (Wildman–Crippen LogP) is 6.39. The van der Waals surface area contributed by atoms with Crippen LogP contribution in [0.5, 0.6) is 0 Å². The van der Waals surface area contributed by atoms with E-state index < -0.39 is 22.4 Å². The lowest BCUT2D eigenvalue weighted by atomic mass is 9.88. The van der Waals surface area contributed by atoms with Gasteiger partial charge in [0.15, 0.2) is 22.4 Å². The van der Waals surface area contributed by atoms with Crippen molar-refractivity contribution in [2.24, 2.45) is 11.8 Å². The quantitative estimate of drug-likeness (QED) is 0.286. The highest BCUT2D eigenvalue weighted by Gasteiger charge is 2.49. The number of aldehydes is 1. The van der Waals surface area contributed by atoms with E-state index in [1.807, 2.05) is 20.8 Å². The Bertz CT molecular complexity index is 604. The van der Waals surface area contributed by atoms with Crippen LogP contribution >= 0.6 is 0 Å². The Kier molecular flexibility index (Phi) is 9.03. The molecule has 1 heterocycles. The van der Waals surface area contributed by atoms with Crippen molar-refractivity contribution in [3.05, 3.63) is 0 Å². The van der Waals surface area contributed by atoms with Crippen LogP contribution in [0.25, 0.3) is 0 Å². The molecule has 0 aromatic rings. The molecule has 0 aromatic carbocycles. The van der Waals surface area contributed by atoms with Crippen LogP contribution in [0.15, 0.2) is 0 Å². The fourth-order valence-corrected chi connectivity index (χ4v) is 6.25. The molecule has 1 aliphatic rings. The van der Waals surface area contributed by atoms with Crippen LogP contribution in [0.2, 0.25) is 36.3 Å². The Morgan fingerprint density at radius 1 is 0.935 bits per heavy atom. The monoisotopic (exact) mass is 474 g/mol. The zero-order valence-electron chi connectivity index (χ0n) is 22.7. The van der Waals surface area contributed by atoms with Gasteiger partial charge in [0.2, 0.25) is 0 Å². The summed E-state index contributed by atoms with van der Waals surface area (Å²) in [6.07, 6.45) is 0.386. The summed E-state index contributed by atoms with van der Waals surface area (Å²) < 4.78 is 26.0. The lowest BCUT2D eigenvalue weighted by Crippen LogP contribution is -2.55. The van der Waals surface area contributed by atoms with E-state index in [4.69, 9.17) is 18.3 Å². The van der Waals surface area contributed by atoms with Crippen molar-refractivity contribution in [2.45, 2.75) is 130 Å². The average molecular weight is 475 g/mol. The maximum Gasteiger partial charge on any atom is 0.192 e. The third kappa shape index (κ3) is 7.21. The summed E-state index contributed by atoms with van der Waals surface area (Å²) >= 11 is 0. The first-order valence-corrected chi connectivity index (χ1v) is 17.6. The van der Waals surface area contributed by atoms with Gasteiger partial charge in [0, 0.05) is 11.8 Å². The van der Waals surface area contributed by atoms with Crippen LogP contribution in [0.3, 0.4) is 0 Å². The van der Waals surface area contributed by atoms with Gasteiger partial charge in [-0.3, -0.25) is 0 Å². The van der Waals surface area contributed by atoms with Crippen molar-refractivity contribution in [1.82, 2.24) is 0 Å². The molecule has 1 saturated heterocycles. The first-order chi connectivity index (χ1) is 13.7. The molecule has 0 bridgehead atoms. The molecule has 0 N–H and O–H groups in total. The summed E-state index contributed by atoms with van der Waals surface area (Å²) in [5.41, 5.74) is 0. The van der Waals surface area contributed by atoms with E-state index in [-0.39, 0.29) is 40.2 Å². The second-order valence-corrected chi connectivity index (χ2v) is 22.4. The Hall–Kier alpha value is -0.0562. The van der Waals surface area contributed by atoms with Crippen LogP contribution in [-0.4, -0.2) is 53.6 Å². The smallest absolute Gasteiger partial charge is 0.192 e. The highest BCUT2D eigenvalue weighted by atomic mass is 28.4. The largest absolute Gasteiger partial charge is 0.413 e. The minimum absolute atomic E-state index is 0.0223. The molecule has 1 fully saturated rings. The zero-order chi connectivity index (χ0) is 24.6. The molecular formula is C24H50O5Si2. The van der Waals surface area contributed by atoms with Crippen molar-refractivity contribution in [3.63, 3.8) is 0 Å². The molecule has 5 nitrogen and oxygen atoms in total. The normalized spacial score (nSPS) is 24.5. The van der Waals surface area contributed by atoms with Gasteiger partial charge >= 0.3 is 0 Å². The average Bonchev–Trinajstić information content (AvgIpc) is 2.94. The van der Waals surface area contributed by atoms with E-state index in [0.29, 0.717) is 6.61 Å². The number of hydrogen-bond donors (Lipinski definition) is 0. The minimum atomic E-state index is -2.10. The molecule has 184 valence electrons. The van der Waals surface area contributed by atoms with Crippen LogP contribution in [0.1, 0.15) is 69.2 Å². The molecule has 7 heteroatoms. The van der Waals surface area contributed by atoms with Crippen molar-refractivity contribution in [2.75, 3.05) is 6.61 Å². The molecular weight excluding hydrogens is 424 g/mol. The third-order valence-corrected chi connectivity index (χ3v) is 16.6. The molecule has 0 amide bonds. The molecule has 5 atom stereocenters. The van der Waals surface area contributed by atoms with Gasteiger partial charge in [0.25, 0.3) is 0 Å². The van der Waals surface area contributed by atoms with Gasteiger partial charge in [-0.15, -0.1) is 0 Å². The highest BCUT2D eigenvalue weighted by molar-refractivity contribution is 6.74. The first kappa shape index (κ1) is 29.0. The third-order valence-electron chi connectivity index (χ3n) is 7.64. The van der Waals surface area contributed by atoms with E-state index in [9.17, 15) is 4.79 Å². The van der Waals surface area contributed by atoms with E-state index in [0.717, 1.165) is 6.29 Å². The van der Waals surface area contributed by atoms with Crippen LogP contribution in [-0.2, 0) is 23.1 Å². The summed E-state index contributed by atoms with van der Waals surface area (Å²) in [5.74, 6) is -0.887. The summed E-state index contributed by atoms with van der Waals surface area (Å²) in [7, 11) is -4.19. The van der Waals surface area contributed by atoms with Gasteiger partial charge in [-0.25, -0.2) is 0 Å². The SMILES string of the molecule is C[C@@H]([C@@H](O[Si](C)(C)C(C)(C)C)[C@@H](C)C=O)[C@H](O[Si](C)(C)C(C)(C)C)[C@H]1COC(C)(C)O1. The van der Waals surface area contributed by atoms with Crippen molar-refractivity contribution >= 4 is 22.9 Å². The van der Waals surface area contributed by atoms with Crippen molar-refractivity contribution in [1.29, 1.82) is 0 Å². The first-order valence-electron chi connectivity index (χ1n) is 11.8. The van der Waals surface area contributed by atoms with E-state index in [1.54, 1.807) is 0 Å². The standard InChI is InChI=1S/C24H50O5Si2/c1-17(15-25)20(28-30(11,12)22(3,4)5)18(2)21(19-16-26-24(9,10)27-19)29-31(13,14)23(6,7)8/h15,17-21H,16H2,1-14H3/t17-,18-,19+,20-,21-/m0/s1. The van der Waals surface area contributed by atoms with Gasteiger partial charge in [-0.1, -0.05) is 55.4 Å². The predicted molar refractivity (Wildman–Crippen MR) is 133 cm³/mol. The molecule has 31 heavy (non-hydrogen) atoms. The molecule has 0 unspecified atom stereocenters. The van der Waals surface area contributed by atoms with Gasteiger partial charge in [-0.2, -0.15) is 0 Å². The Labute approximate surface area is 194 Å². The molecule has 0 saturated carbocycles. The Morgan fingerprint density at radius 2 is 1.39 bits per heavy atom. The van der Waals surface area contributed by atoms with Crippen LogP contribution in [0, 0.1) is 11.8 Å².